The SMILES string of the molecule is N#CCC(CN1CCC(Oc2cc(F)cc(C(=O)NCCC(N)=O)c2)CC1)n1cc(-c2ncnc3[nH]ccc23)cn1. The zero-order valence-corrected chi connectivity index (χ0v) is 22.3. The van der Waals surface area contributed by atoms with Crippen LogP contribution in [-0.2, 0) is 4.79 Å². The maximum absolute atomic E-state index is 14.2. The monoisotopic (exact) mass is 559 g/mol. The molecule has 3 aromatic heterocycles. The maximum atomic E-state index is 14.2. The molecule has 13 heteroatoms. The lowest BCUT2D eigenvalue weighted by Gasteiger charge is -2.34. The molecule has 4 heterocycles. The largest absolute Gasteiger partial charge is 0.490 e. The van der Waals surface area contributed by atoms with E-state index in [1.807, 2.05) is 23.1 Å². The summed E-state index contributed by atoms with van der Waals surface area (Å²) in [5.74, 6) is -1.35. The van der Waals surface area contributed by atoms with E-state index in [-0.39, 0.29) is 36.4 Å². The van der Waals surface area contributed by atoms with Crippen LogP contribution in [0.5, 0.6) is 5.75 Å². The summed E-state index contributed by atoms with van der Waals surface area (Å²) in [5.41, 5.74) is 7.58. The fraction of sp³-hybridized carbons (Fsp3) is 0.357. The van der Waals surface area contributed by atoms with E-state index in [2.05, 4.69) is 36.3 Å². The summed E-state index contributed by atoms with van der Waals surface area (Å²) in [6.45, 7) is 2.17. The number of fused-ring (bicyclic) bond motifs is 1. The van der Waals surface area contributed by atoms with Crippen molar-refractivity contribution in [2.24, 2.45) is 5.73 Å². The van der Waals surface area contributed by atoms with Gasteiger partial charge in [0.2, 0.25) is 5.91 Å². The lowest BCUT2D eigenvalue weighted by Crippen LogP contribution is -2.41. The number of aromatic nitrogens is 5. The first-order chi connectivity index (χ1) is 19.9. The van der Waals surface area contributed by atoms with Crippen LogP contribution < -0.4 is 15.8 Å². The highest BCUT2D eigenvalue weighted by molar-refractivity contribution is 5.94. The van der Waals surface area contributed by atoms with Gasteiger partial charge in [-0.15, -0.1) is 0 Å². The first-order valence-electron chi connectivity index (χ1n) is 13.3. The Morgan fingerprint density at radius 3 is 2.88 bits per heavy atom. The van der Waals surface area contributed by atoms with Crippen molar-refractivity contribution in [1.82, 2.24) is 34.9 Å². The standard InChI is InChI=1S/C28H30FN9O3/c29-20-11-18(28(40)33-8-3-25(31)39)12-23(13-20)41-22-4-9-37(10-5-22)16-21(1-6-30)38-15-19(14-36-38)26-24-2-7-32-27(24)35-17-34-26/h2,7,11-15,17,21-22H,1,3-5,8-10,16H2,(H2,31,39)(H,33,40)(H,32,34,35). The fourth-order valence-corrected chi connectivity index (χ4v) is 4.97. The minimum absolute atomic E-state index is 0.00119. The highest BCUT2D eigenvalue weighted by atomic mass is 19.1. The lowest BCUT2D eigenvalue weighted by molar-refractivity contribution is -0.117. The molecule has 1 aliphatic rings. The number of amides is 2. The third kappa shape index (κ3) is 6.85. The van der Waals surface area contributed by atoms with E-state index in [4.69, 9.17) is 10.5 Å². The van der Waals surface area contributed by atoms with Crippen LogP contribution in [0.4, 0.5) is 4.39 Å². The summed E-state index contributed by atoms with van der Waals surface area (Å²) in [6, 6.07) is 7.92. The number of carbonyl (C=O) groups excluding carboxylic acids is 2. The quantitative estimate of drug-likeness (QED) is 0.252. The van der Waals surface area contributed by atoms with E-state index in [0.29, 0.717) is 25.8 Å². The zero-order chi connectivity index (χ0) is 28.8. The molecule has 0 radical (unpaired) electrons. The van der Waals surface area contributed by atoms with E-state index < -0.39 is 17.6 Å². The number of rotatable bonds is 11. The van der Waals surface area contributed by atoms with E-state index >= 15 is 0 Å². The number of H-pyrrole nitrogens is 1. The van der Waals surface area contributed by atoms with Gasteiger partial charge in [0, 0.05) is 67.6 Å². The van der Waals surface area contributed by atoms with Crippen molar-refractivity contribution >= 4 is 22.8 Å². The number of piperidine rings is 1. The number of nitrogens with two attached hydrogens (primary N) is 1. The number of nitrogens with zero attached hydrogens (tertiary/aromatic N) is 6. The van der Waals surface area contributed by atoms with Crippen LogP contribution in [0.25, 0.3) is 22.3 Å². The number of aromatic amines is 1. The molecule has 12 nitrogen and oxygen atoms in total. The van der Waals surface area contributed by atoms with Crippen LogP contribution in [0.2, 0.25) is 0 Å². The van der Waals surface area contributed by atoms with Crippen molar-refractivity contribution < 1.29 is 18.7 Å². The van der Waals surface area contributed by atoms with Gasteiger partial charge < -0.3 is 25.7 Å². The van der Waals surface area contributed by atoms with Crippen molar-refractivity contribution in [3.63, 3.8) is 0 Å². The van der Waals surface area contributed by atoms with Crippen LogP contribution in [0, 0.1) is 17.1 Å². The molecule has 1 fully saturated rings. The average molecular weight is 560 g/mol. The number of hydrogen-bond acceptors (Lipinski definition) is 8. The summed E-state index contributed by atoms with van der Waals surface area (Å²) in [4.78, 5) is 37.2. The molecule has 1 aromatic carbocycles. The van der Waals surface area contributed by atoms with Crippen LogP contribution in [0.1, 0.15) is 42.1 Å². The van der Waals surface area contributed by atoms with Crippen molar-refractivity contribution in [2.75, 3.05) is 26.2 Å². The molecule has 212 valence electrons. The van der Waals surface area contributed by atoms with Gasteiger partial charge in [-0.2, -0.15) is 10.4 Å². The number of likely N-dealkylation sites (tertiary alicyclic amines) is 1. The van der Waals surface area contributed by atoms with E-state index in [1.54, 1.807) is 6.20 Å². The third-order valence-electron chi connectivity index (χ3n) is 7.03. The van der Waals surface area contributed by atoms with Gasteiger partial charge in [0.1, 0.15) is 29.6 Å². The maximum Gasteiger partial charge on any atom is 0.251 e. The summed E-state index contributed by atoms with van der Waals surface area (Å²) in [6.07, 6.45) is 8.55. The molecule has 0 aliphatic carbocycles. The van der Waals surface area contributed by atoms with E-state index in [9.17, 15) is 19.2 Å². The second kappa shape index (κ2) is 12.6. The molecular formula is C28H30FN9O3. The Bertz CT molecular complexity index is 1570. The number of halogens is 1. The summed E-state index contributed by atoms with van der Waals surface area (Å²) in [5, 5.41) is 17.5. The minimum atomic E-state index is -0.586. The Morgan fingerprint density at radius 1 is 1.27 bits per heavy atom. The molecular weight excluding hydrogens is 529 g/mol. The van der Waals surface area contributed by atoms with Crippen LogP contribution in [0.3, 0.4) is 0 Å². The highest BCUT2D eigenvalue weighted by Crippen LogP contribution is 2.27. The molecule has 1 unspecified atom stereocenters. The van der Waals surface area contributed by atoms with Crippen molar-refractivity contribution in [3.05, 3.63) is 60.6 Å². The Hall–Kier alpha value is -4.83. The number of benzene rings is 1. The first-order valence-corrected chi connectivity index (χ1v) is 13.3. The molecule has 5 rings (SSSR count). The number of nitriles is 1. The Balaban J connectivity index is 1.17. The molecule has 0 bridgehead atoms. The number of ether oxygens (including phenoxy) is 1. The van der Waals surface area contributed by atoms with Gasteiger partial charge in [-0.1, -0.05) is 0 Å². The van der Waals surface area contributed by atoms with Crippen LogP contribution >= 0.6 is 0 Å². The number of nitrogens with one attached hydrogen (secondary N) is 2. The zero-order valence-electron chi connectivity index (χ0n) is 22.3. The van der Waals surface area contributed by atoms with Gasteiger partial charge in [-0.3, -0.25) is 14.3 Å². The fourth-order valence-electron chi connectivity index (χ4n) is 4.97. The molecule has 1 aliphatic heterocycles. The van der Waals surface area contributed by atoms with Crippen LogP contribution in [0.15, 0.2) is 49.2 Å². The Kier molecular flexibility index (Phi) is 8.50. The molecule has 1 atom stereocenters. The first kappa shape index (κ1) is 27.7. The molecule has 41 heavy (non-hydrogen) atoms. The molecule has 1 saturated heterocycles. The topological polar surface area (TPSA) is 168 Å². The van der Waals surface area contributed by atoms with Gasteiger partial charge in [0.05, 0.1) is 30.4 Å². The van der Waals surface area contributed by atoms with Gasteiger partial charge in [0.25, 0.3) is 5.91 Å². The molecule has 4 aromatic rings. The number of hydrogen-bond donors (Lipinski definition) is 3. The third-order valence-corrected chi connectivity index (χ3v) is 7.03. The second-order valence-corrected chi connectivity index (χ2v) is 9.95. The summed E-state index contributed by atoms with van der Waals surface area (Å²) < 4.78 is 22.1. The molecule has 4 N–H and O–H groups in total. The lowest BCUT2D eigenvalue weighted by atomic mass is 10.1. The minimum Gasteiger partial charge on any atom is -0.490 e. The van der Waals surface area contributed by atoms with Gasteiger partial charge in [-0.25, -0.2) is 14.4 Å². The molecule has 2 amide bonds. The van der Waals surface area contributed by atoms with Crippen LogP contribution in [-0.4, -0.2) is 73.7 Å². The molecule has 0 spiro atoms. The molecule has 0 saturated carbocycles. The normalized spacial score (nSPS) is 14.9. The number of primary amides is 1. The smallest absolute Gasteiger partial charge is 0.251 e. The van der Waals surface area contributed by atoms with E-state index in [1.165, 1.54) is 18.5 Å². The van der Waals surface area contributed by atoms with Gasteiger partial charge in [0.15, 0.2) is 0 Å². The Labute approximate surface area is 235 Å². The second-order valence-electron chi connectivity index (χ2n) is 9.95. The summed E-state index contributed by atoms with van der Waals surface area (Å²) >= 11 is 0. The predicted molar refractivity (Wildman–Crippen MR) is 147 cm³/mol. The van der Waals surface area contributed by atoms with Crippen molar-refractivity contribution in [3.8, 4) is 23.1 Å². The predicted octanol–water partition coefficient (Wildman–Crippen LogP) is 2.56. The summed E-state index contributed by atoms with van der Waals surface area (Å²) in [7, 11) is 0. The average Bonchev–Trinajstić information content (AvgIpc) is 3.63. The van der Waals surface area contributed by atoms with Crippen molar-refractivity contribution in [2.45, 2.75) is 37.8 Å². The van der Waals surface area contributed by atoms with Gasteiger partial charge >= 0.3 is 0 Å². The highest BCUT2D eigenvalue weighted by Gasteiger charge is 2.25. The Morgan fingerprint density at radius 2 is 2.10 bits per heavy atom. The van der Waals surface area contributed by atoms with Crippen molar-refractivity contribution in [1.29, 1.82) is 5.26 Å². The number of carbonyl (C=O) groups is 2. The van der Waals surface area contributed by atoms with Gasteiger partial charge in [-0.05, 0) is 31.0 Å². The van der Waals surface area contributed by atoms with E-state index in [0.717, 1.165) is 41.4 Å².